The normalized spacial score (nSPS) is 14.9. The molecular weight excluding hydrogens is 613 g/mol. The number of allylic oxidation sites excluding steroid dienone is 6. The SMILES string of the molecule is CC1=C(C)C(=S)C1.CC1=C(C)SC(=S)C1.CC=CC.[CH3-].[CH3-].[Sm].[Sm]. The second-order valence-corrected chi connectivity index (χ2v) is 7.21. The maximum absolute atomic E-state index is 4.99. The van der Waals surface area contributed by atoms with Crippen molar-refractivity contribution < 1.29 is 80.8 Å². The molecule has 0 aromatic heterocycles. The van der Waals surface area contributed by atoms with E-state index in [4.69, 9.17) is 24.4 Å². The smallest absolute Gasteiger partial charge is 0.0564 e. The van der Waals surface area contributed by atoms with E-state index in [1.54, 1.807) is 11.8 Å². The molecule has 0 bridgehead atoms. The minimum absolute atomic E-state index is 0. The van der Waals surface area contributed by atoms with E-state index in [1.807, 2.05) is 26.0 Å². The summed E-state index contributed by atoms with van der Waals surface area (Å²) in [6, 6.07) is 0. The minimum atomic E-state index is 0. The van der Waals surface area contributed by atoms with Crippen LogP contribution in [0.5, 0.6) is 0 Å². The van der Waals surface area contributed by atoms with Gasteiger partial charge >= 0.3 is 0 Å². The van der Waals surface area contributed by atoms with E-state index < -0.39 is 0 Å². The Bertz CT molecular complexity index is 427. The second-order valence-electron chi connectivity index (χ2n) is 4.66. The first-order chi connectivity index (χ1) is 8.83. The van der Waals surface area contributed by atoms with E-state index in [9.17, 15) is 0 Å². The first-order valence-electron chi connectivity index (χ1n) is 6.47. The van der Waals surface area contributed by atoms with Crippen molar-refractivity contribution in [3.05, 3.63) is 48.6 Å². The quantitative estimate of drug-likeness (QED) is 0.154. The molecule has 0 spiro atoms. The Balaban J connectivity index is -0.0000000677. The van der Waals surface area contributed by atoms with Crippen molar-refractivity contribution in [2.75, 3.05) is 0 Å². The van der Waals surface area contributed by atoms with Gasteiger partial charge in [0.2, 0.25) is 0 Å². The first-order valence-corrected chi connectivity index (χ1v) is 8.10. The van der Waals surface area contributed by atoms with Crippen LogP contribution in [0, 0.1) is 95.6 Å². The predicted molar refractivity (Wildman–Crippen MR) is 112 cm³/mol. The van der Waals surface area contributed by atoms with Gasteiger partial charge in [-0.15, -0.1) is 0 Å². The molecule has 134 valence electrons. The van der Waals surface area contributed by atoms with Crippen molar-refractivity contribution in [2.45, 2.75) is 54.4 Å². The van der Waals surface area contributed by atoms with Crippen molar-refractivity contribution in [3.8, 4) is 0 Å². The molecule has 0 saturated carbocycles. The zero-order chi connectivity index (χ0) is 15.0. The molecule has 0 fully saturated rings. The Morgan fingerprint density at radius 1 is 0.826 bits per heavy atom. The molecule has 0 radical (unpaired) electrons. The standard InChI is InChI=1S/C6H8S2.C6H8S.C4H8.2CH3.2Sm/c1-4-3-6(7)8-5(4)2;1-4-3-6(7)5(4)2;1-3-4-2;;;;/h3H2,1-2H3;3H2,1-2H3;3-4H,1-2H3;2*1H3;;/q;;;2*-1;;. The summed E-state index contributed by atoms with van der Waals surface area (Å²) in [7, 11) is 0. The fraction of sp³-hybridized carbons (Fsp3) is 0.444. The third-order valence-electron chi connectivity index (χ3n) is 3.09. The van der Waals surface area contributed by atoms with E-state index >= 15 is 0 Å². The van der Waals surface area contributed by atoms with Gasteiger partial charge in [0.25, 0.3) is 0 Å². The Hall–Kier alpha value is 2.43. The van der Waals surface area contributed by atoms with Gasteiger partial charge in [0.15, 0.2) is 0 Å². The van der Waals surface area contributed by atoms with E-state index in [0.29, 0.717) is 0 Å². The van der Waals surface area contributed by atoms with Crippen LogP contribution in [-0.4, -0.2) is 9.06 Å². The molecule has 23 heavy (non-hydrogen) atoms. The summed E-state index contributed by atoms with van der Waals surface area (Å²) in [6.45, 7) is 12.5. The van der Waals surface area contributed by atoms with Crippen LogP contribution >= 0.6 is 36.2 Å². The van der Waals surface area contributed by atoms with Crippen molar-refractivity contribution in [1.82, 2.24) is 0 Å². The van der Waals surface area contributed by atoms with Crippen molar-refractivity contribution in [1.29, 1.82) is 0 Å². The summed E-state index contributed by atoms with van der Waals surface area (Å²) < 4.78 is 1.13. The molecule has 1 heterocycles. The summed E-state index contributed by atoms with van der Waals surface area (Å²) in [5.41, 5.74) is 4.25. The monoisotopic (exact) mass is 646 g/mol. The predicted octanol–water partition coefficient (Wildman–Crippen LogP) is 7.32. The molecule has 5 heteroatoms. The Morgan fingerprint density at radius 2 is 1.26 bits per heavy atom. The van der Waals surface area contributed by atoms with Crippen molar-refractivity contribution in [2.24, 2.45) is 0 Å². The van der Waals surface area contributed by atoms with E-state index in [2.05, 4.69) is 27.7 Å². The zero-order valence-electron chi connectivity index (χ0n) is 15.6. The molecule has 0 amide bonds. The van der Waals surface area contributed by atoms with E-state index in [-0.39, 0.29) is 95.6 Å². The van der Waals surface area contributed by atoms with Crippen LogP contribution in [0.3, 0.4) is 0 Å². The van der Waals surface area contributed by atoms with Gasteiger partial charge in [0.1, 0.15) is 0 Å². The molecule has 0 unspecified atom stereocenters. The van der Waals surface area contributed by atoms with Crippen LogP contribution in [0.25, 0.3) is 0 Å². The Labute approximate surface area is 225 Å². The summed E-state index contributed by atoms with van der Waals surface area (Å²) >= 11 is 11.7. The number of rotatable bonds is 0. The molecular formula is C18H30S3Sm2-2. The van der Waals surface area contributed by atoms with Crippen molar-refractivity contribution >= 4 is 45.3 Å². The summed E-state index contributed by atoms with van der Waals surface area (Å²) in [5.74, 6) is 0. The topological polar surface area (TPSA) is 0 Å². The van der Waals surface area contributed by atoms with E-state index in [1.165, 1.54) is 21.6 Å². The van der Waals surface area contributed by atoms with Crippen LogP contribution < -0.4 is 0 Å². The number of thioether (sulfide) groups is 1. The number of hydrogen-bond acceptors (Lipinski definition) is 3. The molecule has 0 aromatic carbocycles. The fourth-order valence-electron chi connectivity index (χ4n) is 1.27. The average Bonchev–Trinajstić information content (AvgIpc) is 2.67. The van der Waals surface area contributed by atoms with Gasteiger partial charge in [0, 0.05) is 98.5 Å². The second kappa shape index (κ2) is 20.7. The molecule has 2 rings (SSSR count). The third kappa shape index (κ3) is 16.3. The largest absolute Gasteiger partial charge is 0.358 e. The first kappa shape index (κ1) is 36.4. The van der Waals surface area contributed by atoms with Crippen LogP contribution in [0.15, 0.2) is 33.8 Å². The average molecular weight is 643 g/mol. The molecule has 1 aliphatic carbocycles. The third-order valence-corrected chi connectivity index (χ3v) is 4.97. The molecule has 2 aliphatic rings. The Morgan fingerprint density at radius 3 is 1.30 bits per heavy atom. The van der Waals surface area contributed by atoms with Gasteiger partial charge in [0.05, 0.1) is 4.20 Å². The summed E-state index contributed by atoms with van der Waals surface area (Å²) in [5, 5.41) is 0. The maximum atomic E-state index is 4.99. The zero-order valence-corrected chi connectivity index (χ0v) is 23.3. The minimum Gasteiger partial charge on any atom is -0.358 e. The summed E-state index contributed by atoms with van der Waals surface area (Å²) in [6.07, 6.45) is 6.10. The van der Waals surface area contributed by atoms with Gasteiger partial charge in [-0.1, -0.05) is 59.5 Å². The molecule has 0 N–H and O–H groups in total. The molecule has 0 atom stereocenters. The molecule has 0 nitrogen and oxygen atoms in total. The van der Waals surface area contributed by atoms with E-state index in [0.717, 1.165) is 21.9 Å². The molecule has 1 aliphatic heterocycles. The van der Waals surface area contributed by atoms with Crippen molar-refractivity contribution in [3.63, 3.8) is 0 Å². The van der Waals surface area contributed by atoms with Gasteiger partial charge in [-0.25, -0.2) is 0 Å². The fourth-order valence-corrected chi connectivity index (χ4v) is 3.13. The van der Waals surface area contributed by atoms with Crippen LogP contribution in [0.2, 0.25) is 0 Å². The van der Waals surface area contributed by atoms with Crippen LogP contribution in [0.4, 0.5) is 0 Å². The van der Waals surface area contributed by atoms with Gasteiger partial charge < -0.3 is 14.9 Å². The Kier molecular flexibility index (Phi) is 32.8. The van der Waals surface area contributed by atoms with Crippen LogP contribution in [0.1, 0.15) is 54.4 Å². The molecule has 0 aromatic rings. The maximum Gasteiger partial charge on any atom is 0.0564 e. The van der Waals surface area contributed by atoms with Gasteiger partial charge in [-0.3, -0.25) is 0 Å². The number of hydrogen-bond donors (Lipinski definition) is 0. The van der Waals surface area contributed by atoms with Crippen LogP contribution in [-0.2, 0) is 0 Å². The summed E-state index contributed by atoms with van der Waals surface area (Å²) in [4.78, 5) is 2.55. The molecule has 0 saturated heterocycles. The van der Waals surface area contributed by atoms with Gasteiger partial charge in [-0.05, 0) is 52.0 Å². The van der Waals surface area contributed by atoms with Gasteiger partial charge in [-0.2, -0.15) is 0 Å². The number of thiocarbonyl (C=S) groups is 2.